The van der Waals surface area contributed by atoms with Crippen LogP contribution in [-0.4, -0.2) is 28.8 Å². The number of carbonyl (C=O) groups excluding carboxylic acids is 2. The van der Waals surface area contributed by atoms with E-state index < -0.39 is 11.9 Å². The molecule has 2 heterocycles. The molecule has 8 nitrogen and oxygen atoms in total. The van der Waals surface area contributed by atoms with Crippen molar-refractivity contribution in [1.82, 2.24) is 9.78 Å². The van der Waals surface area contributed by atoms with Crippen molar-refractivity contribution in [3.05, 3.63) is 100 Å². The average molecular weight is 480 g/mol. The van der Waals surface area contributed by atoms with E-state index >= 15 is 0 Å². The SMILES string of the molecule is COC(=O)c1ccc(OCc2ccc(C(=O)Nc3cc(C)n(Cc4cccc(Cl)c4)n3)o2)cc1. The van der Waals surface area contributed by atoms with Gasteiger partial charge in [-0.15, -0.1) is 0 Å². The molecule has 0 saturated heterocycles. The highest BCUT2D eigenvalue weighted by atomic mass is 35.5. The van der Waals surface area contributed by atoms with E-state index in [9.17, 15) is 9.59 Å². The predicted octanol–water partition coefficient (Wildman–Crippen LogP) is 5.10. The van der Waals surface area contributed by atoms with Crippen molar-refractivity contribution in [2.45, 2.75) is 20.1 Å². The summed E-state index contributed by atoms with van der Waals surface area (Å²) in [6.45, 7) is 2.57. The Kier molecular flexibility index (Phi) is 6.98. The highest BCUT2D eigenvalue weighted by molar-refractivity contribution is 6.30. The van der Waals surface area contributed by atoms with Crippen molar-refractivity contribution in [3.63, 3.8) is 0 Å². The number of esters is 1. The van der Waals surface area contributed by atoms with Crippen molar-refractivity contribution >= 4 is 29.3 Å². The fourth-order valence-corrected chi connectivity index (χ4v) is 3.47. The summed E-state index contributed by atoms with van der Waals surface area (Å²) in [7, 11) is 1.32. The van der Waals surface area contributed by atoms with E-state index in [0.29, 0.717) is 34.5 Å². The molecule has 4 rings (SSSR count). The van der Waals surface area contributed by atoms with Crippen molar-refractivity contribution in [3.8, 4) is 5.75 Å². The molecule has 1 N–H and O–H groups in total. The van der Waals surface area contributed by atoms with Crippen LogP contribution in [0.3, 0.4) is 0 Å². The van der Waals surface area contributed by atoms with E-state index in [-0.39, 0.29) is 12.4 Å². The Morgan fingerprint density at radius 3 is 2.62 bits per heavy atom. The van der Waals surface area contributed by atoms with Gasteiger partial charge in [0.2, 0.25) is 0 Å². The second-order valence-electron chi connectivity index (χ2n) is 7.48. The number of hydrogen-bond acceptors (Lipinski definition) is 6. The number of nitrogens with zero attached hydrogens (tertiary/aromatic N) is 2. The van der Waals surface area contributed by atoms with Gasteiger partial charge in [0.05, 0.1) is 19.2 Å². The molecule has 1 amide bonds. The van der Waals surface area contributed by atoms with Crippen molar-refractivity contribution < 1.29 is 23.5 Å². The Morgan fingerprint density at radius 1 is 1.09 bits per heavy atom. The van der Waals surface area contributed by atoms with Gasteiger partial charge >= 0.3 is 5.97 Å². The zero-order valence-electron chi connectivity index (χ0n) is 18.6. The van der Waals surface area contributed by atoms with Gasteiger partial charge in [-0.3, -0.25) is 9.48 Å². The van der Waals surface area contributed by atoms with E-state index in [2.05, 4.69) is 15.2 Å². The first kappa shape index (κ1) is 23.1. The third-order valence-corrected chi connectivity index (χ3v) is 5.22. The number of ether oxygens (including phenoxy) is 2. The summed E-state index contributed by atoms with van der Waals surface area (Å²) < 4.78 is 17.7. The molecule has 0 aliphatic carbocycles. The predicted molar refractivity (Wildman–Crippen MR) is 126 cm³/mol. The van der Waals surface area contributed by atoms with E-state index in [4.69, 9.17) is 20.8 Å². The van der Waals surface area contributed by atoms with Crippen LogP contribution in [0.1, 0.15) is 37.9 Å². The first-order valence-corrected chi connectivity index (χ1v) is 10.8. The molecule has 2 aromatic heterocycles. The third kappa shape index (κ3) is 5.65. The first-order chi connectivity index (χ1) is 16.4. The normalized spacial score (nSPS) is 10.7. The summed E-state index contributed by atoms with van der Waals surface area (Å²) in [6, 6.07) is 19.1. The third-order valence-electron chi connectivity index (χ3n) is 4.99. The van der Waals surface area contributed by atoms with Gasteiger partial charge in [0, 0.05) is 16.8 Å². The molecule has 174 valence electrons. The summed E-state index contributed by atoms with van der Waals surface area (Å²) >= 11 is 6.05. The Balaban J connectivity index is 1.34. The summed E-state index contributed by atoms with van der Waals surface area (Å²) in [5.74, 6) is 0.755. The van der Waals surface area contributed by atoms with Gasteiger partial charge in [-0.1, -0.05) is 23.7 Å². The van der Waals surface area contributed by atoms with Gasteiger partial charge in [-0.25, -0.2) is 4.79 Å². The lowest BCUT2D eigenvalue weighted by atomic mass is 10.2. The zero-order valence-corrected chi connectivity index (χ0v) is 19.3. The Bertz CT molecular complexity index is 1310. The van der Waals surface area contributed by atoms with Crippen LogP contribution in [0.2, 0.25) is 5.02 Å². The molecule has 0 aliphatic rings. The molecule has 9 heteroatoms. The number of methoxy groups -OCH3 is 1. The van der Waals surface area contributed by atoms with Crippen molar-refractivity contribution in [1.29, 1.82) is 0 Å². The van der Waals surface area contributed by atoms with Crippen LogP contribution in [0.5, 0.6) is 5.75 Å². The van der Waals surface area contributed by atoms with Gasteiger partial charge in [0.1, 0.15) is 18.1 Å². The van der Waals surface area contributed by atoms with Crippen LogP contribution < -0.4 is 10.1 Å². The summed E-state index contributed by atoms with van der Waals surface area (Å²) in [6.07, 6.45) is 0. The maximum Gasteiger partial charge on any atom is 0.337 e. The second-order valence-corrected chi connectivity index (χ2v) is 7.92. The molecule has 0 spiro atoms. The fraction of sp³-hybridized carbons (Fsp3) is 0.160. The quantitative estimate of drug-likeness (QED) is 0.353. The Hall–Kier alpha value is -4.04. The Morgan fingerprint density at radius 2 is 1.88 bits per heavy atom. The minimum Gasteiger partial charge on any atom is -0.486 e. The molecule has 0 atom stereocenters. The summed E-state index contributed by atoms with van der Waals surface area (Å²) in [5, 5.41) is 7.86. The topological polar surface area (TPSA) is 95.6 Å². The van der Waals surface area contributed by atoms with Crippen molar-refractivity contribution in [2.75, 3.05) is 12.4 Å². The van der Waals surface area contributed by atoms with Crippen LogP contribution in [0.15, 0.2) is 71.1 Å². The van der Waals surface area contributed by atoms with Crippen LogP contribution in [0.4, 0.5) is 5.82 Å². The molecular formula is C25H22ClN3O5. The molecule has 0 aliphatic heterocycles. The van der Waals surface area contributed by atoms with Crippen LogP contribution in [0.25, 0.3) is 0 Å². The number of hydrogen-bond donors (Lipinski definition) is 1. The van der Waals surface area contributed by atoms with E-state index in [0.717, 1.165) is 11.3 Å². The van der Waals surface area contributed by atoms with Crippen LogP contribution in [0, 0.1) is 6.92 Å². The highest BCUT2D eigenvalue weighted by Gasteiger charge is 2.15. The lowest BCUT2D eigenvalue weighted by Crippen LogP contribution is -2.12. The number of nitrogens with one attached hydrogen (secondary N) is 1. The molecule has 0 saturated carbocycles. The number of carbonyl (C=O) groups is 2. The van der Waals surface area contributed by atoms with E-state index in [1.807, 2.05) is 31.2 Å². The monoisotopic (exact) mass is 479 g/mol. The number of halogens is 1. The first-order valence-electron chi connectivity index (χ1n) is 10.4. The molecule has 0 fully saturated rings. The molecule has 0 unspecified atom stereocenters. The minimum atomic E-state index is -0.419. The number of benzene rings is 2. The maximum absolute atomic E-state index is 12.6. The lowest BCUT2D eigenvalue weighted by molar-refractivity contribution is 0.0600. The molecule has 4 aromatic rings. The second kappa shape index (κ2) is 10.3. The molecule has 34 heavy (non-hydrogen) atoms. The zero-order chi connectivity index (χ0) is 24.1. The van der Waals surface area contributed by atoms with Gasteiger partial charge in [0.25, 0.3) is 5.91 Å². The number of aromatic nitrogens is 2. The van der Waals surface area contributed by atoms with Crippen molar-refractivity contribution in [2.24, 2.45) is 0 Å². The van der Waals surface area contributed by atoms with Crippen LogP contribution >= 0.6 is 11.6 Å². The lowest BCUT2D eigenvalue weighted by Gasteiger charge is -2.05. The minimum absolute atomic E-state index is 0.123. The summed E-state index contributed by atoms with van der Waals surface area (Å²) in [5.41, 5.74) is 2.33. The van der Waals surface area contributed by atoms with Gasteiger partial charge in [0.15, 0.2) is 11.6 Å². The number of amides is 1. The van der Waals surface area contributed by atoms with Gasteiger partial charge in [-0.2, -0.15) is 5.10 Å². The number of rotatable bonds is 8. The van der Waals surface area contributed by atoms with Gasteiger partial charge in [-0.05, 0) is 61.0 Å². The average Bonchev–Trinajstić information content (AvgIpc) is 3.44. The fourth-order valence-electron chi connectivity index (χ4n) is 3.25. The number of anilines is 1. The van der Waals surface area contributed by atoms with E-state index in [1.165, 1.54) is 7.11 Å². The maximum atomic E-state index is 12.6. The molecule has 0 radical (unpaired) electrons. The van der Waals surface area contributed by atoms with E-state index in [1.54, 1.807) is 47.1 Å². The van der Waals surface area contributed by atoms with Gasteiger partial charge < -0.3 is 19.2 Å². The number of furan rings is 1. The molecular weight excluding hydrogens is 458 g/mol. The van der Waals surface area contributed by atoms with Crippen LogP contribution in [-0.2, 0) is 17.9 Å². The largest absolute Gasteiger partial charge is 0.486 e. The molecule has 2 aromatic carbocycles. The standard InChI is InChI=1S/C25H22ClN3O5/c1-16-12-23(28-29(16)14-17-4-3-5-19(26)13-17)27-24(30)22-11-10-21(34-22)15-33-20-8-6-18(7-9-20)25(31)32-2/h3-13H,14-15H2,1-2H3,(H,27,28,30). The molecule has 0 bridgehead atoms. The number of aryl methyl sites for hydroxylation is 1. The Labute approximate surface area is 201 Å². The highest BCUT2D eigenvalue weighted by Crippen LogP contribution is 2.18. The summed E-state index contributed by atoms with van der Waals surface area (Å²) in [4.78, 5) is 24.1. The smallest absolute Gasteiger partial charge is 0.337 e.